The number of pyridine rings is 1. The van der Waals surface area contributed by atoms with Gasteiger partial charge in [0, 0.05) is 18.8 Å². The topological polar surface area (TPSA) is 47.8 Å². The van der Waals surface area contributed by atoms with E-state index in [-0.39, 0.29) is 27.7 Å². The Morgan fingerprint density at radius 2 is 1.88 bits per heavy atom. The molecule has 1 aromatic carbocycles. The van der Waals surface area contributed by atoms with Crippen molar-refractivity contribution in [1.29, 1.82) is 0 Å². The van der Waals surface area contributed by atoms with E-state index in [4.69, 9.17) is 0 Å². The Bertz CT molecular complexity index is 1010. The molecule has 0 saturated carbocycles. The average molecular weight is 337 g/mol. The highest BCUT2D eigenvalue weighted by atomic mass is 19.4. The Labute approximate surface area is 133 Å². The van der Waals surface area contributed by atoms with Crippen LogP contribution in [-0.4, -0.2) is 14.5 Å². The van der Waals surface area contributed by atoms with E-state index in [0.717, 1.165) is 12.1 Å². The molecular weight excluding hydrogens is 326 g/mol. The van der Waals surface area contributed by atoms with E-state index in [2.05, 4.69) is 9.97 Å². The molecule has 124 valence electrons. The molecule has 0 fully saturated rings. The van der Waals surface area contributed by atoms with E-state index in [9.17, 15) is 22.4 Å². The van der Waals surface area contributed by atoms with Gasteiger partial charge in [0.25, 0.3) is 5.56 Å². The molecule has 0 aliphatic heterocycles. The minimum atomic E-state index is -4.64. The Hall–Kier alpha value is -2.77. The fraction of sp³-hybridized carbons (Fsp3) is 0.188. The third-order valence-corrected chi connectivity index (χ3v) is 3.77. The van der Waals surface area contributed by atoms with E-state index in [1.807, 2.05) is 0 Å². The molecule has 4 nitrogen and oxygen atoms in total. The lowest BCUT2D eigenvalue weighted by Gasteiger charge is -2.11. The summed E-state index contributed by atoms with van der Waals surface area (Å²) in [5.41, 5.74) is -1.40. The number of aromatic nitrogens is 3. The van der Waals surface area contributed by atoms with Crippen LogP contribution in [0.4, 0.5) is 17.6 Å². The van der Waals surface area contributed by atoms with Crippen LogP contribution < -0.4 is 5.56 Å². The van der Waals surface area contributed by atoms with Gasteiger partial charge in [-0.05, 0) is 31.2 Å². The normalized spacial score (nSPS) is 11.9. The Kier molecular flexibility index (Phi) is 3.62. The first-order valence-electron chi connectivity index (χ1n) is 6.89. The number of hydrogen-bond donors (Lipinski definition) is 0. The summed E-state index contributed by atoms with van der Waals surface area (Å²) in [6.45, 7) is 1.60. The zero-order valence-corrected chi connectivity index (χ0v) is 12.6. The number of nitrogens with zero attached hydrogens (tertiary/aromatic N) is 3. The molecule has 0 radical (unpaired) electrons. The molecule has 0 atom stereocenters. The average Bonchev–Trinajstić information content (AvgIpc) is 2.51. The highest BCUT2D eigenvalue weighted by molar-refractivity contribution is 5.90. The number of benzene rings is 1. The van der Waals surface area contributed by atoms with Gasteiger partial charge in [-0.15, -0.1) is 0 Å². The van der Waals surface area contributed by atoms with Crippen molar-refractivity contribution in [2.24, 2.45) is 7.05 Å². The van der Waals surface area contributed by atoms with Crippen LogP contribution >= 0.6 is 0 Å². The molecule has 0 aliphatic rings. The molecule has 0 amide bonds. The Balaban J connectivity index is 2.30. The van der Waals surface area contributed by atoms with Gasteiger partial charge in [-0.2, -0.15) is 13.2 Å². The summed E-state index contributed by atoms with van der Waals surface area (Å²) in [5, 5.41) is 0.215. The quantitative estimate of drug-likeness (QED) is 0.639. The molecule has 0 saturated heterocycles. The predicted octanol–water partition coefficient (Wildman–Crippen LogP) is 3.46. The SMILES string of the molecule is Cc1nc2c(-c3ccc(C(F)(F)F)cc3F)nccc2c(=O)n1C. The van der Waals surface area contributed by atoms with Crippen LogP contribution in [0.2, 0.25) is 0 Å². The summed E-state index contributed by atoms with van der Waals surface area (Å²) in [7, 11) is 1.54. The number of fused-ring (bicyclic) bond motifs is 1. The maximum atomic E-state index is 14.2. The zero-order chi connectivity index (χ0) is 17.6. The van der Waals surface area contributed by atoms with Gasteiger partial charge >= 0.3 is 6.18 Å². The summed E-state index contributed by atoms with van der Waals surface area (Å²) < 4.78 is 53.6. The molecule has 0 bridgehead atoms. The van der Waals surface area contributed by atoms with Crippen molar-refractivity contribution in [1.82, 2.24) is 14.5 Å². The van der Waals surface area contributed by atoms with Crippen molar-refractivity contribution in [2.45, 2.75) is 13.1 Å². The van der Waals surface area contributed by atoms with Gasteiger partial charge in [-0.1, -0.05) is 0 Å². The minimum Gasteiger partial charge on any atom is -0.299 e. The first kappa shape index (κ1) is 16.1. The summed E-state index contributed by atoms with van der Waals surface area (Å²) >= 11 is 0. The second-order valence-electron chi connectivity index (χ2n) is 5.27. The summed E-state index contributed by atoms with van der Waals surface area (Å²) in [4.78, 5) is 20.5. The van der Waals surface area contributed by atoms with Crippen molar-refractivity contribution < 1.29 is 17.6 Å². The minimum absolute atomic E-state index is 0.0273. The van der Waals surface area contributed by atoms with Crippen LogP contribution in [0.1, 0.15) is 11.4 Å². The van der Waals surface area contributed by atoms with Crippen LogP contribution in [-0.2, 0) is 13.2 Å². The zero-order valence-electron chi connectivity index (χ0n) is 12.6. The van der Waals surface area contributed by atoms with Crippen LogP contribution in [0.25, 0.3) is 22.2 Å². The van der Waals surface area contributed by atoms with Gasteiger partial charge in [-0.3, -0.25) is 14.3 Å². The first-order chi connectivity index (χ1) is 11.2. The predicted molar refractivity (Wildman–Crippen MR) is 79.9 cm³/mol. The lowest BCUT2D eigenvalue weighted by molar-refractivity contribution is -0.137. The van der Waals surface area contributed by atoms with Crippen molar-refractivity contribution in [3.05, 3.63) is 58.0 Å². The lowest BCUT2D eigenvalue weighted by Crippen LogP contribution is -2.21. The van der Waals surface area contributed by atoms with Crippen molar-refractivity contribution >= 4 is 10.9 Å². The highest BCUT2D eigenvalue weighted by Crippen LogP contribution is 2.33. The van der Waals surface area contributed by atoms with Gasteiger partial charge in [0.15, 0.2) is 0 Å². The number of aryl methyl sites for hydroxylation is 1. The molecule has 8 heteroatoms. The molecule has 2 aromatic heterocycles. The summed E-state index contributed by atoms with van der Waals surface area (Å²) in [5.74, 6) is -0.695. The van der Waals surface area contributed by atoms with E-state index in [1.54, 1.807) is 14.0 Å². The molecule has 0 aliphatic carbocycles. The Morgan fingerprint density at radius 3 is 2.50 bits per heavy atom. The fourth-order valence-corrected chi connectivity index (χ4v) is 2.38. The monoisotopic (exact) mass is 337 g/mol. The number of rotatable bonds is 1. The van der Waals surface area contributed by atoms with Gasteiger partial charge in [0.2, 0.25) is 0 Å². The lowest BCUT2D eigenvalue weighted by atomic mass is 10.1. The van der Waals surface area contributed by atoms with Crippen LogP contribution in [0.15, 0.2) is 35.3 Å². The summed E-state index contributed by atoms with van der Waals surface area (Å²) in [6.07, 6.45) is -3.34. The van der Waals surface area contributed by atoms with Gasteiger partial charge < -0.3 is 0 Å². The molecule has 0 spiro atoms. The van der Waals surface area contributed by atoms with E-state index < -0.39 is 17.6 Å². The van der Waals surface area contributed by atoms with Gasteiger partial charge in [0.1, 0.15) is 17.2 Å². The third-order valence-electron chi connectivity index (χ3n) is 3.77. The second-order valence-corrected chi connectivity index (χ2v) is 5.27. The maximum absolute atomic E-state index is 14.2. The van der Waals surface area contributed by atoms with Crippen LogP contribution in [0.3, 0.4) is 0 Å². The Morgan fingerprint density at radius 1 is 1.17 bits per heavy atom. The number of halogens is 4. The molecule has 3 aromatic rings. The number of alkyl halides is 3. The van der Waals surface area contributed by atoms with E-state index >= 15 is 0 Å². The highest BCUT2D eigenvalue weighted by Gasteiger charge is 2.31. The van der Waals surface area contributed by atoms with E-state index in [0.29, 0.717) is 11.9 Å². The molecule has 0 unspecified atom stereocenters. The second kappa shape index (κ2) is 5.40. The van der Waals surface area contributed by atoms with Crippen molar-refractivity contribution in [3.8, 4) is 11.3 Å². The largest absolute Gasteiger partial charge is 0.416 e. The van der Waals surface area contributed by atoms with Gasteiger partial charge in [0.05, 0.1) is 16.6 Å². The molecule has 2 heterocycles. The molecule has 24 heavy (non-hydrogen) atoms. The van der Waals surface area contributed by atoms with Crippen LogP contribution in [0.5, 0.6) is 0 Å². The van der Waals surface area contributed by atoms with Crippen molar-refractivity contribution in [2.75, 3.05) is 0 Å². The third kappa shape index (κ3) is 2.53. The summed E-state index contributed by atoms with van der Waals surface area (Å²) in [6, 6.07) is 3.61. The number of hydrogen-bond acceptors (Lipinski definition) is 3. The van der Waals surface area contributed by atoms with Crippen molar-refractivity contribution in [3.63, 3.8) is 0 Å². The first-order valence-corrected chi connectivity index (χ1v) is 6.89. The fourth-order valence-electron chi connectivity index (χ4n) is 2.38. The van der Waals surface area contributed by atoms with Crippen LogP contribution in [0, 0.1) is 12.7 Å². The van der Waals surface area contributed by atoms with Gasteiger partial charge in [-0.25, -0.2) is 9.37 Å². The molecule has 0 N–H and O–H groups in total. The molecular formula is C16H11F4N3O. The maximum Gasteiger partial charge on any atom is 0.416 e. The van der Waals surface area contributed by atoms with E-state index in [1.165, 1.54) is 16.8 Å². The smallest absolute Gasteiger partial charge is 0.299 e. The standard InChI is InChI=1S/C16H11F4N3O/c1-8-22-14-11(15(24)23(8)2)5-6-21-13(14)10-4-3-9(7-12(10)17)16(18,19)20/h3-7H,1-2H3. The molecule has 3 rings (SSSR count).